The highest BCUT2D eigenvalue weighted by molar-refractivity contribution is 6.33. The van der Waals surface area contributed by atoms with Crippen molar-refractivity contribution in [1.82, 2.24) is 0 Å². The topological polar surface area (TPSA) is 21.6 Å². The highest BCUT2D eigenvalue weighted by atomic mass is 35.5. The van der Waals surface area contributed by atoms with Gasteiger partial charge in [0.15, 0.2) is 0 Å². The molecule has 0 aromatic heterocycles. The summed E-state index contributed by atoms with van der Waals surface area (Å²) in [5.74, 6) is 0. The van der Waals surface area contributed by atoms with Crippen LogP contribution in [0.3, 0.4) is 0 Å². The van der Waals surface area contributed by atoms with Crippen LogP contribution in [0.25, 0.3) is 0 Å². The Bertz CT molecular complexity index is 359. The van der Waals surface area contributed by atoms with Gasteiger partial charge in [0.25, 0.3) is 0 Å². The van der Waals surface area contributed by atoms with Gasteiger partial charge in [-0.3, -0.25) is 0 Å². The van der Waals surface area contributed by atoms with E-state index < -0.39 is 0 Å². The van der Waals surface area contributed by atoms with Crippen molar-refractivity contribution in [2.24, 2.45) is 5.16 Å². The van der Waals surface area contributed by atoms with Gasteiger partial charge in [-0.05, 0) is 31.7 Å². The molecule has 0 heterocycles. The van der Waals surface area contributed by atoms with Gasteiger partial charge in [0.05, 0.1) is 6.21 Å². The van der Waals surface area contributed by atoms with Gasteiger partial charge < -0.3 is 4.84 Å². The molecule has 0 radical (unpaired) electrons. The van der Waals surface area contributed by atoms with E-state index in [2.05, 4.69) is 5.16 Å². The summed E-state index contributed by atoms with van der Waals surface area (Å²) in [5, 5.41) is 4.72. The zero-order chi connectivity index (χ0) is 11.2. The molecule has 2 rings (SSSR count). The summed E-state index contributed by atoms with van der Waals surface area (Å²) in [6.07, 6.45) is 8.08. The van der Waals surface area contributed by atoms with Gasteiger partial charge in [0, 0.05) is 10.6 Å². The number of halogens is 1. The van der Waals surface area contributed by atoms with Gasteiger partial charge in [-0.1, -0.05) is 41.4 Å². The number of hydrogen-bond donors (Lipinski definition) is 0. The summed E-state index contributed by atoms with van der Waals surface area (Å²) in [7, 11) is 0. The van der Waals surface area contributed by atoms with E-state index in [1.54, 1.807) is 6.21 Å². The fourth-order valence-corrected chi connectivity index (χ4v) is 2.11. The summed E-state index contributed by atoms with van der Waals surface area (Å²) in [4.78, 5) is 5.45. The number of nitrogens with zero attached hydrogens (tertiary/aromatic N) is 1. The molecule has 1 aliphatic rings. The van der Waals surface area contributed by atoms with E-state index in [1.807, 2.05) is 24.3 Å². The highest BCUT2D eigenvalue weighted by Crippen LogP contribution is 2.20. The standard InChI is InChI=1S/C13H16ClNO/c14-13-9-5-4-6-11(13)10-15-16-12-7-2-1-3-8-12/h4-6,9-10,12H,1-3,7-8H2. The third-order valence-corrected chi connectivity index (χ3v) is 3.20. The number of oxime groups is 1. The maximum absolute atomic E-state index is 6.00. The van der Waals surface area contributed by atoms with Gasteiger partial charge in [-0.15, -0.1) is 0 Å². The summed E-state index contributed by atoms with van der Waals surface area (Å²) in [5.41, 5.74) is 0.903. The molecule has 0 amide bonds. The molecule has 16 heavy (non-hydrogen) atoms. The molecule has 0 bridgehead atoms. The summed E-state index contributed by atoms with van der Waals surface area (Å²) >= 11 is 6.00. The predicted molar refractivity (Wildman–Crippen MR) is 67.0 cm³/mol. The molecule has 1 aromatic rings. The van der Waals surface area contributed by atoms with E-state index in [0.29, 0.717) is 11.1 Å². The Morgan fingerprint density at radius 3 is 2.69 bits per heavy atom. The molecule has 0 atom stereocenters. The average Bonchev–Trinajstić information content (AvgIpc) is 2.33. The van der Waals surface area contributed by atoms with Crippen molar-refractivity contribution >= 4 is 17.8 Å². The summed E-state index contributed by atoms with van der Waals surface area (Å²) in [6.45, 7) is 0. The maximum Gasteiger partial charge on any atom is 0.127 e. The fraction of sp³-hybridized carbons (Fsp3) is 0.462. The number of benzene rings is 1. The van der Waals surface area contributed by atoms with Crippen molar-refractivity contribution in [3.05, 3.63) is 34.9 Å². The van der Waals surface area contributed by atoms with Crippen LogP contribution in [0.1, 0.15) is 37.7 Å². The average molecular weight is 238 g/mol. The van der Waals surface area contributed by atoms with Crippen molar-refractivity contribution < 1.29 is 4.84 Å². The lowest BCUT2D eigenvalue weighted by Crippen LogP contribution is -2.13. The summed E-state index contributed by atoms with van der Waals surface area (Å²) in [6, 6.07) is 7.62. The minimum Gasteiger partial charge on any atom is -0.393 e. The van der Waals surface area contributed by atoms with Crippen LogP contribution in [0.4, 0.5) is 0 Å². The van der Waals surface area contributed by atoms with Crippen LogP contribution >= 0.6 is 11.6 Å². The number of hydrogen-bond acceptors (Lipinski definition) is 2. The third kappa shape index (κ3) is 3.24. The Balaban J connectivity index is 1.87. The number of rotatable bonds is 3. The molecule has 0 unspecified atom stereocenters. The van der Waals surface area contributed by atoms with E-state index in [9.17, 15) is 0 Å². The molecule has 0 N–H and O–H groups in total. The molecule has 1 aromatic carbocycles. The van der Waals surface area contributed by atoms with E-state index in [4.69, 9.17) is 16.4 Å². The first kappa shape index (κ1) is 11.5. The predicted octanol–water partition coefficient (Wildman–Crippen LogP) is 4.02. The molecule has 1 aliphatic carbocycles. The van der Waals surface area contributed by atoms with Crippen molar-refractivity contribution in [2.45, 2.75) is 38.2 Å². The highest BCUT2D eigenvalue weighted by Gasteiger charge is 2.13. The van der Waals surface area contributed by atoms with Gasteiger partial charge >= 0.3 is 0 Å². The lowest BCUT2D eigenvalue weighted by atomic mass is 9.98. The van der Waals surface area contributed by atoms with E-state index in [0.717, 1.165) is 18.4 Å². The minimum atomic E-state index is 0.299. The quantitative estimate of drug-likeness (QED) is 0.575. The Morgan fingerprint density at radius 2 is 1.94 bits per heavy atom. The van der Waals surface area contributed by atoms with Crippen molar-refractivity contribution in [1.29, 1.82) is 0 Å². The minimum absolute atomic E-state index is 0.299. The van der Waals surface area contributed by atoms with Crippen LogP contribution in [0.15, 0.2) is 29.4 Å². The Kier molecular flexibility index (Phi) is 4.23. The molecule has 1 saturated carbocycles. The molecule has 86 valence electrons. The van der Waals surface area contributed by atoms with Crippen molar-refractivity contribution in [2.75, 3.05) is 0 Å². The monoisotopic (exact) mass is 237 g/mol. The molecule has 1 fully saturated rings. The molecule has 0 aliphatic heterocycles. The van der Waals surface area contributed by atoms with Gasteiger partial charge in [-0.25, -0.2) is 0 Å². The zero-order valence-corrected chi connectivity index (χ0v) is 9.99. The van der Waals surface area contributed by atoms with Gasteiger partial charge in [0.1, 0.15) is 6.10 Å². The molecule has 0 saturated heterocycles. The first-order valence-corrected chi connectivity index (χ1v) is 6.18. The first-order valence-electron chi connectivity index (χ1n) is 5.80. The van der Waals surface area contributed by atoms with Crippen LogP contribution in [0.2, 0.25) is 5.02 Å². The molecule has 2 nitrogen and oxygen atoms in total. The van der Waals surface area contributed by atoms with Crippen molar-refractivity contribution in [3.63, 3.8) is 0 Å². The molecule has 0 spiro atoms. The smallest absolute Gasteiger partial charge is 0.127 e. The zero-order valence-electron chi connectivity index (χ0n) is 9.23. The first-order chi connectivity index (χ1) is 7.86. The lowest BCUT2D eigenvalue weighted by molar-refractivity contribution is 0.0340. The fourth-order valence-electron chi connectivity index (χ4n) is 1.92. The van der Waals surface area contributed by atoms with Gasteiger partial charge in [0.2, 0.25) is 0 Å². The Labute approximate surface area is 101 Å². The molecular weight excluding hydrogens is 222 g/mol. The van der Waals surface area contributed by atoms with E-state index >= 15 is 0 Å². The van der Waals surface area contributed by atoms with Crippen LogP contribution in [0, 0.1) is 0 Å². The van der Waals surface area contributed by atoms with Crippen LogP contribution in [-0.2, 0) is 4.84 Å². The second-order valence-electron chi connectivity index (χ2n) is 4.12. The van der Waals surface area contributed by atoms with E-state index in [1.165, 1.54) is 19.3 Å². The SMILES string of the molecule is Clc1ccccc1C=NOC1CCCCC1. The third-order valence-electron chi connectivity index (χ3n) is 2.86. The lowest BCUT2D eigenvalue weighted by Gasteiger charge is -2.18. The van der Waals surface area contributed by atoms with Gasteiger partial charge in [-0.2, -0.15) is 0 Å². The molecule has 3 heteroatoms. The second-order valence-corrected chi connectivity index (χ2v) is 4.53. The second kappa shape index (κ2) is 5.90. The van der Waals surface area contributed by atoms with Crippen LogP contribution < -0.4 is 0 Å². The normalized spacial score (nSPS) is 17.8. The van der Waals surface area contributed by atoms with Crippen LogP contribution in [-0.4, -0.2) is 12.3 Å². The van der Waals surface area contributed by atoms with E-state index in [-0.39, 0.29) is 0 Å². The Hall–Kier alpha value is -1.02. The maximum atomic E-state index is 6.00. The Morgan fingerprint density at radius 1 is 1.19 bits per heavy atom. The van der Waals surface area contributed by atoms with Crippen LogP contribution in [0.5, 0.6) is 0 Å². The largest absolute Gasteiger partial charge is 0.393 e. The molecular formula is C13H16ClNO. The summed E-state index contributed by atoms with van der Waals surface area (Å²) < 4.78 is 0. The van der Waals surface area contributed by atoms with Crippen molar-refractivity contribution in [3.8, 4) is 0 Å².